The quantitative estimate of drug-likeness (QED) is 0.340. The van der Waals surface area contributed by atoms with Crippen LogP contribution >= 0.6 is 0 Å². The number of aromatic nitrogens is 1. The predicted molar refractivity (Wildman–Crippen MR) is 124 cm³/mol. The number of aliphatic hydroxyl groups is 1. The van der Waals surface area contributed by atoms with Gasteiger partial charge in [-0.2, -0.15) is 10.2 Å². The van der Waals surface area contributed by atoms with Crippen molar-refractivity contribution in [1.82, 2.24) is 4.98 Å². The van der Waals surface area contributed by atoms with Crippen molar-refractivity contribution in [2.75, 3.05) is 25.1 Å². The Kier molecular flexibility index (Phi) is 6.72. The molecule has 0 unspecified atom stereocenters. The zero-order valence-electron chi connectivity index (χ0n) is 18.9. The van der Waals surface area contributed by atoms with E-state index in [0.29, 0.717) is 37.5 Å². The fourth-order valence-corrected chi connectivity index (χ4v) is 4.49. The minimum Gasteiger partial charge on any atom is -0.464 e. The number of benzene rings is 1. The Morgan fingerprint density at radius 1 is 1.33 bits per heavy atom. The minimum atomic E-state index is -0.996. The van der Waals surface area contributed by atoms with Crippen molar-refractivity contribution >= 4 is 28.9 Å². The molecule has 2 fully saturated rings. The average Bonchev–Trinajstić information content (AvgIpc) is 2.78. The molecule has 0 atom stereocenters. The van der Waals surface area contributed by atoms with E-state index in [4.69, 9.17) is 15.4 Å². The maximum absolute atomic E-state index is 12.5. The summed E-state index contributed by atoms with van der Waals surface area (Å²) in [4.78, 5) is 19.2. The molecule has 0 radical (unpaired) electrons. The Morgan fingerprint density at radius 2 is 2.03 bits per heavy atom. The highest BCUT2D eigenvalue weighted by Gasteiger charge is 2.36. The van der Waals surface area contributed by atoms with Crippen molar-refractivity contribution in [2.45, 2.75) is 44.1 Å². The first-order valence-corrected chi connectivity index (χ1v) is 11.4. The van der Waals surface area contributed by atoms with Crippen LogP contribution in [0.25, 0.3) is 0 Å². The van der Waals surface area contributed by atoms with E-state index in [1.807, 2.05) is 35.6 Å². The van der Waals surface area contributed by atoms with Crippen LogP contribution in [0.5, 0.6) is 0 Å². The number of methoxy groups -OCH3 is 1. The highest BCUT2D eigenvalue weighted by atomic mass is 16.5. The Balaban J connectivity index is 1.78. The molecule has 0 bridgehead atoms. The van der Waals surface area contributed by atoms with Gasteiger partial charge < -0.3 is 20.2 Å². The van der Waals surface area contributed by atoms with E-state index in [0.717, 1.165) is 36.2 Å². The second kappa shape index (κ2) is 9.69. The van der Waals surface area contributed by atoms with E-state index >= 15 is 0 Å². The molecule has 172 valence electrons. The van der Waals surface area contributed by atoms with Gasteiger partial charge in [-0.05, 0) is 43.9 Å². The average molecular weight is 449 g/mol. The molecule has 4 rings (SSSR count). The summed E-state index contributed by atoms with van der Waals surface area (Å²) in [6.45, 7) is 1.05. The van der Waals surface area contributed by atoms with Crippen molar-refractivity contribution < 1.29 is 20.0 Å². The van der Waals surface area contributed by atoms with E-state index in [-0.39, 0.29) is 18.0 Å². The number of para-hydroxylation sites is 1. The first-order valence-electron chi connectivity index (χ1n) is 11.4. The van der Waals surface area contributed by atoms with Gasteiger partial charge in [-0.25, -0.2) is 4.79 Å². The molecule has 8 heteroatoms. The number of esters is 1. The van der Waals surface area contributed by atoms with Gasteiger partial charge in [0, 0.05) is 19.0 Å². The van der Waals surface area contributed by atoms with Gasteiger partial charge in [0.05, 0.1) is 36.6 Å². The van der Waals surface area contributed by atoms with Crippen molar-refractivity contribution in [1.29, 1.82) is 10.7 Å². The van der Waals surface area contributed by atoms with Crippen molar-refractivity contribution in [3.05, 3.63) is 47.7 Å². The lowest BCUT2D eigenvalue weighted by Crippen LogP contribution is -2.72. The van der Waals surface area contributed by atoms with Gasteiger partial charge in [0.2, 0.25) is 5.82 Å². The number of hydrogen-bond donors (Lipinski definition) is 3. The van der Waals surface area contributed by atoms with Crippen LogP contribution in [0.4, 0.5) is 17.2 Å². The van der Waals surface area contributed by atoms with Crippen LogP contribution in [-0.2, 0) is 4.74 Å². The second-order valence-electron chi connectivity index (χ2n) is 8.92. The SMILES string of the molecule is COC(=O)c1cc(N2CCC(O)(CC#N)CC2)c(C(=N)C2CCC2)c([NH2+]c2ccccc2)n1. The number of anilines is 1. The van der Waals surface area contributed by atoms with Gasteiger partial charge in [-0.15, -0.1) is 0 Å². The second-order valence-corrected chi connectivity index (χ2v) is 8.92. The Morgan fingerprint density at radius 3 is 2.61 bits per heavy atom. The van der Waals surface area contributed by atoms with Gasteiger partial charge in [-0.3, -0.25) is 5.32 Å². The maximum atomic E-state index is 12.5. The Hall–Kier alpha value is -3.28. The molecule has 1 aromatic heterocycles. The number of carbonyl (C=O) groups is 1. The lowest BCUT2D eigenvalue weighted by atomic mass is 9.78. The number of hydrogen-bond acceptors (Lipinski definition) is 7. The maximum Gasteiger partial charge on any atom is 0.356 e. The lowest BCUT2D eigenvalue weighted by molar-refractivity contribution is -0.483. The Labute approximate surface area is 193 Å². The molecule has 2 heterocycles. The predicted octanol–water partition coefficient (Wildman–Crippen LogP) is 2.81. The number of rotatable bonds is 7. The molecule has 0 amide bonds. The molecule has 1 saturated carbocycles. The third-order valence-electron chi connectivity index (χ3n) is 6.75. The number of carbonyl (C=O) groups excluding carboxylic acids is 1. The van der Waals surface area contributed by atoms with Crippen LogP contribution in [0.2, 0.25) is 0 Å². The molecule has 0 spiro atoms. The third-order valence-corrected chi connectivity index (χ3v) is 6.75. The summed E-state index contributed by atoms with van der Waals surface area (Å²) in [6, 6.07) is 13.5. The fraction of sp³-hybridized carbons (Fsp3) is 0.440. The zero-order valence-corrected chi connectivity index (χ0v) is 18.9. The Bertz CT molecular complexity index is 1070. The van der Waals surface area contributed by atoms with E-state index in [9.17, 15) is 9.90 Å². The molecule has 2 aliphatic rings. The largest absolute Gasteiger partial charge is 0.464 e. The van der Waals surface area contributed by atoms with Gasteiger partial charge in [0.1, 0.15) is 11.3 Å². The highest BCUT2D eigenvalue weighted by Crippen LogP contribution is 2.37. The van der Waals surface area contributed by atoms with E-state index in [2.05, 4.69) is 16.0 Å². The van der Waals surface area contributed by atoms with Gasteiger partial charge in [0.15, 0.2) is 5.69 Å². The molecule has 8 nitrogen and oxygen atoms in total. The van der Waals surface area contributed by atoms with Crippen LogP contribution in [0.15, 0.2) is 36.4 Å². The van der Waals surface area contributed by atoms with Crippen LogP contribution in [-0.4, -0.2) is 47.6 Å². The first-order chi connectivity index (χ1) is 15.9. The summed E-state index contributed by atoms with van der Waals surface area (Å²) in [5.41, 5.74) is 2.18. The molecule has 1 saturated heterocycles. The minimum absolute atomic E-state index is 0.0996. The summed E-state index contributed by atoms with van der Waals surface area (Å²) < 4.78 is 4.97. The van der Waals surface area contributed by atoms with E-state index in [1.54, 1.807) is 6.07 Å². The highest BCUT2D eigenvalue weighted by molar-refractivity contribution is 6.08. The van der Waals surface area contributed by atoms with Gasteiger partial charge >= 0.3 is 5.97 Å². The van der Waals surface area contributed by atoms with Crippen LogP contribution in [0.3, 0.4) is 0 Å². The topological polar surface area (TPSA) is 127 Å². The summed E-state index contributed by atoms with van der Waals surface area (Å²) in [7, 11) is 1.33. The van der Waals surface area contributed by atoms with Gasteiger partial charge in [0.25, 0.3) is 0 Å². The number of piperidine rings is 1. The van der Waals surface area contributed by atoms with Crippen molar-refractivity contribution in [3.8, 4) is 6.07 Å². The molecular weight excluding hydrogens is 418 g/mol. The van der Waals surface area contributed by atoms with E-state index in [1.165, 1.54) is 7.11 Å². The zero-order chi connectivity index (χ0) is 23.4. The number of quaternary nitrogens is 1. The number of nitrogens with two attached hydrogens (primary N) is 1. The van der Waals surface area contributed by atoms with Crippen LogP contribution < -0.4 is 10.2 Å². The van der Waals surface area contributed by atoms with Crippen LogP contribution in [0, 0.1) is 22.7 Å². The molecule has 2 aromatic rings. The summed E-state index contributed by atoms with van der Waals surface area (Å²) in [5, 5.41) is 30.7. The third kappa shape index (κ3) is 4.90. The van der Waals surface area contributed by atoms with Crippen molar-refractivity contribution in [3.63, 3.8) is 0 Å². The van der Waals surface area contributed by atoms with Crippen molar-refractivity contribution in [2.24, 2.45) is 5.92 Å². The molecule has 33 heavy (non-hydrogen) atoms. The molecule has 1 aromatic carbocycles. The number of pyridine rings is 1. The number of nitrogens with one attached hydrogen (secondary N) is 1. The number of nitriles is 1. The monoisotopic (exact) mass is 448 g/mol. The summed E-state index contributed by atoms with van der Waals surface area (Å²) in [5.74, 6) is 0.227. The molecule has 1 aliphatic heterocycles. The standard InChI is InChI=1S/C25H29N5O3/c1-33-24(31)19-16-20(30-14-11-25(32,10-13-26)12-15-30)21(22(27)17-6-5-7-17)23(29-19)28-18-8-3-2-4-9-18/h2-4,8-9,16-17,27,32H,5-7,10-12,14-15H2,1H3,(H,28,29)/p+1. The summed E-state index contributed by atoms with van der Waals surface area (Å²) >= 11 is 0. The molecule has 4 N–H and O–H groups in total. The number of nitrogens with zero attached hydrogens (tertiary/aromatic N) is 3. The number of ether oxygens (including phenoxy) is 1. The molecule has 1 aliphatic carbocycles. The normalized spacial score (nSPS) is 17.7. The fourth-order valence-electron chi connectivity index (χ4n) is 4.49. The van der Waals surface area contributed by atoms with E-state index < -0.39 is 11.6 Å². The lowest BCUT2D eigenvalue weighted by Gasteiger charge is -2.39. The summed E-state index contributed by atoms with van der Waals surface area (Å²) in [6.07, 6.45) is 4.06. The molecular formula is C25H30N5O3+. The smallest absolute Gasteiger partial charge is 0.356 e. The first kappa shape index (κ1) is 22.9. The van der Waals surface area contributed by atoms with Gasteiger partial charge in [-0.1, -0.05) is 24.6 Å². The van der Waals surface area contributed by atoms with Crippen LogP contribution in [0.1, 0.15) is 54.6 Å².